The minimum atomic E-state index is -0.525. The summed E-state index contributed by atoms with van der Waals surface area (Å²) in [6, 6.07) is 4.09. The Kier molecular flexibility index (Phi) is 4.62. The summed E-state index contributed by atoms with van der Waals surface area (Å²) in [7, 11) is 1.65. The van der Waals surface area contributed by atoms with E-state index in [0.717, 1.165) is 11.3 Å². The summed E-state index contributed by atoms with van der Waals surface area (Å²) in [6.07, 6.45) is 0.711. The molecule has 0 atom stereocenters. The van der Waals surface area contributed by atoms with Gasteiger partial charge in [0.15, 0.2) is 0 Å². The summed E-state index contributed by atoms with van der Waals surface area (Å²) < 4.78 is 5.29. The number of carbonyl (C=O) groups is 1. The first kappa shape index (κ1) is 12.8. The molecule has 0 saturated carbocycles. The number of halogens is 1. The van der Waals surface area contributed by atoms with Crippen LogP contribution in [0, 0.1) is 13.8 Å². The predicted molar refractivity (Wildman–Crippen MR) is 65.4 cm³/mol. The van der Waals surface area contributed by atoms with E-state index in [9.17, 15) is 4.79 Å². The highest BCUT2D eigenvalue weighted by molar-refractivity contribution is 6.62. The van der Waals surface area contributed by atoms with Crippen molar-refractivity contribution in [1.29, 1.82) is 0 Å². The van der Waals surface area contributed by atoms with E-state index in [1.807, 2.05) is 13.0 Å². The molecule has 1 N–H and O–H groups in total. The third-order valence-corrected chi connectivity index (χ3v) is 2.69. The molecule has 0 bridgehead atoms. The van der Waals surface area contributed by atoms with Gasteiger partial charge in [-0.05, 0) is 54.6 Å². The maximum Gasteiger partial charge on any atom is 0.313 e. The van der Waals surface area contributed by atoms with Gasteiger partial charge in [0.05, 0.1) is 7.11 Å². The van der Waals surface area contributed by atoms with Crippen LogP contribution in [0.1, 0.15) is 16.7 Å². The zero-order valence-electron chi connectivity index (χ0n) is 9.76. The Morgan fingerprint density at radius 2 is 2.00 bits per heavy atom. The molecule has 3 nitrogen and oxygen atoms in total. The van der Waals surface area contributed by atoms with Crippen LogP contribution in [0.15, 0.2) is 12.1 Å². The Morgan fingerprint density at radius 3 is 2.56 bits per heavy atom. The number of amides is 1. The lowest BCUT2D eigenvalue weighted by Crippen LogP contribution is -2.19. The molecule has 1 aromatic rings. The van der Waals surface area contributed by atoms with Gasteiger partial charge in [0.1, 0.15) is 5.75 Å². The summed E-state index contributed by atoms with van der Waals surface area (Å²) >= 11 is 5.19. The molecule has 1 amide bonds. The van der Waals surface area contributed by atoms with E-state index in [0.29, 0.717) is 13.0 Å². The number of ether oxygens (including phenoxy) is 1. The molecule has 16 heavy (non-hydrogen) atoms. The minimum Gasteiger partial charge on any atom is -0.496 e. The van der Waals surface area contributed by atoms with Crippen LogP contribution in [0.2, 0.25) is 0 Å². The highest BCUT2D eigenvalue weighted by atomic mass is 35.5. The molecule has 88 valence electrons. The van der Waals surface area contributed by atoms with Crippen LogP contribution >= 0.6 is 11.6 Å². The van der Waals surface area contributed by atoms with Gasteiger partial charge in [0.2, 0.25) is 0 Å². The number of carbonyl (C=O) groups excluding carboxylic acids is 1. The molecule has 0 aliphatic rings. The van der Waals surface area contributed by atoms with Gasteiger partial charge in [-0.1, -0.05) is 6.07 Å². The molecule has 0 aliphatic heterocycles. The van der Waals surface area contributed by atoms with Gasteiger partial charge in [-0.3, -0.25) is 4.79 Å². The standard InChI is InChI=1S/C12H16ClNO2/c1-8-6-10(4-5-14-12(13)15)11(16-3)7-9(8)2/h6-7H,4-5H2,1-3H3,(H,14,15). The van der Waals surface area contributed by atoms with E-state index in [4.69, 9.17) is 16.3 Å². The SMILES string of the molecule is COc1cc(C)c(C)cc1CCNC(=O)Cl. The zero-order chi connectivity index (χ0) is 12.1. The Morgan fingerprint density at radius 1 is 1.38 bits per heavy atom. The highest BCUT2D eigenvalue weighted by Crippen LogP contribution is 2.23. The smallest absolute Gasteiger partial charge is 0.313 e. The molecule has 0 aromatic heterocycles. The van der Waals surface area contributed by atoms with Crippen molar-refractivity contribution < 1.29 is 9.53 Å². The number of hydrogen-bond acceptors (Lipinski definition) is 2. The Labute approximate surface area is 101 Å². The van der Waals surface area contributed by atoms with Crippen LogP contribution in [0.25, 0.3) is 0 Å². The largest absolute Gasteiger partial charge is 0.496 e. The molecule has 1 aromatic carbocycles. The van der Waals surface area contributed by atoms with Gasteiger partial charge in [-0.15, -0.1) is 0 Å². The molecule has 0 saturated heterocycles. The number of aryl methyl sites for hydroxylation is 2. The van der Waals surface area contributed by atoms with E-state index in [2.05, 4.69) is 18.3 Å². The van der Waals surface area contributed by atoms with Gasteiger partial charge in [0, 0.05) is 6.54 Å². The molecule has 0 unspecified atom stereocenters. The van der Waals surface area contributed by atoms with Crippen LogP contribution in [0.4, 0.5) is 4.79 Å². The lowest BCUT2D eigenvalue weighted by molar-refractivity contribution is 0.260. The normalized spacial score (nSPS) is 10.0. The summed E-state index contributed by atoms with van der Waals surface area (Å²) in [6.45, 7) is 4.61. The fourth-order valence-electron chi connectivity index (χ4n) is 1.53. The predicted octanol–water partition coefficient (Wildman–Crippen LogP) is 2.80. The van der Waals surface area contributed by atoms with Crippen LogP contribution in [0.3, 0.4) is 0 Å². The first-order valence-corrected chi connectivity index (χ1v) is 5.50. The van der Waals surface area contributed by atoms with E-state index in [1.54, 1.807) is 7.11 Å². The van der Waals surface area contributed by atoms with Gasteiger partial charge in [0.25, 0.3) is 0 Å². The van der Waals surface area contributed by atoms with E-state index < -0.39 is 5.37 Å². The highest BCUT2D eigenvalue weighted by Gasteiger charge is 2.06. The molecule has 4 heteroatoms. The summed E-state index contributed by atoms with van der Waals surface area (Å²) in [4.78, 5) is 10.5. The van der Waals surface area contributed by atoms with Gasteiger partial charge in [-0.25, -0.2) is 0 Å². The lowest BCUT2D eigenvalue weighted by atomic mass is 10.0. The average molecular weight is 242 g/mol. The van der Waals surface area contributed by atoms with E-state index >= 15 is 0 Å². The Balaban J connectivity index is 2.77. The minimum absolute atomic E-state index is 0.515. The number of rotatable bonds is 4. The third-order valence-electron chi connectivity index (χ3n) is 2.56. The molecule has 0 fully saturated rings. The van der Waals surface area contributed by atoms with Gasteiger partial charge in [-0.2, -0.15) is 0 Å². The maximum atomic E-state index is 10.5. The molecule has 1 rings (SSSR count). The van der Waals surface area contributed by atoms with Crippen molar-refractivity contribution in [3.63, 3.8) is 0 Å². The van der Waals surface area contributed by atoms with Crippen molar-refractivity contribution in [2.24, 2.45) is 0 Å². The van der Waals surface area contributed by atoms with Crippen molar-refractivity contribution in [3.05, 3.63) is 28.8 Å². The van der Waals surface area contributed by atoms with E-state index in [-0.39, 0.29) is 0 Å². The summed E-state index contributed by atoms with van der Waals surface area (Å²) in [5.74, 6) is 0.854. The second-order valence-corrected chi connectivity index (χ2v) is 4.04. The van der Waals surface area contributed by atoms with Crippen LogP contribution in [-0.2, 0) is 6.42 Å². The second kappa shape index (κ2) is 5.75. The van der Waals surface area contributed by atoms with Crippen molar-refractivity contribution in [2.75, 3.05) is 13.7 Å². The molecular formula is C12H16ClNO2. The first-order chi connectivity index (χ1) is 7.54. The van der Waals surface area contributed by atoms with Crippen molar-refractivity contribution in [1.82, 2.24) is 5.32 Å². The first-order valence-electron chi connectivity index (χ1n) is 5.12. The molecular weight excluding hydrogens is 226 g/mol. The maximum absolute atomic E-state index is 10.5. The molecule has 0 radical (unpaired) electrons. The van der Waals surface area contributed by atoms with Crippen LogP contribution < -0.4 is 10.1 Å². The fourth-order valence-corrected chi connectivity index (χ4v) is 1.62. The number of nitrogens with one attached hydrogen (secondary N) is 1. The summed E-state index contributed by atoms with van der Waals surface area (Å²) in [5.41, 5.74) is 3.49. The summed E-state index contributed by atoms with van der Waals surface area (Å²) in [5, 5.41) is 2.03. The van der Waals surface area contributed by atoms with Crippen LogP contribution in [-0.4, -0.2) is 19.0 Å². The van der Waals surface area contributed by atoms with Crippen molar-refractivity contribution in [2.45, 2.75) is 20.3 Å². The van der Waals surface area contributed by atoms with E-state index in [1.165, 1.54) is 11.1 Å². The number of methoxy groups -OCH3 is 1. The number of benzene rings is 1. The van der Waals surface area contributed by atoms with Gasteiger partial charge < -0.3 is 10.1 Å². The quantitative estimate of drug-likeness (QED) is 0.650. The fraction of sp³-hybridized carbons (Fsp3) is 0.417. The third kappa shape index (κ3) is 3.42. The number of hydrogen-bond donors (Lipinski definition) is 1. The second-order valence-electron chi connectivity index (χ2n) is 3.70. The van der Waals surface area contributed by atoms with Crippen molar-refractivity contribution >= 4 is 17.0 Å². The lowest BCUT2D eigenvalue weighted by Gasteiger charge is -2.11. The molecule has 0 heterocycles. The zero-order valence-corrected chi connectivity index (χ0v) is 10.5. The van der Waals surface area contributed by atoms with Gasteiger partial charge >= 0.3 is 5.37 Å². The van der Waals surface area contributed by atoms with Crippen LogP contribution in [0.5, 0.6) is 5.75 Å². The molecule has 0 aliphatic carbocycles. The molecule has 0 spiro atoms. The Hall–Kier alpha value is -1.22. The Bertz CT molecular complexity index is 391. The topological polar surface area (TPSA) is 38.3 Å². The monoisotopic (exact) mass is 241 g/mol. The average Bonchev–Trinajstić information content (AvgIpc) is 2.22. The van der Waals surface area contributed by atoms with Crippen molar-refractivity contribution in [3.8, 4) is 5.75 Å².